The van der Waals surface area contributed by atoms with Crippen LogP contribution in [0.15, 0.2) is 35.5 Å². The van der Waals surface area contributed by atoms with E-state index in [4.69, 9.17) is 5.21 Å². The molecular formula is C16H24N2O2. The van der Waals surface area contributed by atoms with Crippen molar-refractivity contribution in [2.75, 3.05) is 19.6 Å². The van der Waals surface area contributed by atoms with Gasteiger partial charge in [-0.05, 0) is 18.9 Å². The van der Waals surface area contributed by atoms with Crippen molar-refractivity contribution < 1.29 is 10.3 Å². The van der Waals surface area contributed by atoms with Crippen molar-refractivity contribution in [1.82, 2.24) is 4.90 Å². The summed E-state index contributed by atoms with van der Waals surface area (Å²) >= 11 is 0. The van der Waals surface area contributed by atoms with Gasteiger partial charge in [0.05, 0.1) is 11.3 Å². The van der Waals surface area contributed by atoms with Gasteiger partial charge in [-0.2, -0.15) is 0 Å². The molecule has 1 heterocycles. The minimum Gasteiger partial charge on any atom is -0.411 e. The number of hydrogen-bond acceptors (Lipinski definition) is 4. The van der Waals surface area contributed by atoms with Crippen LogP contribution in [0.4, 0.5) is 0 Å². The third-order valence-corrected chi connectivity index (χ3v) is 4.18. The molecule has 0 saturated carbocycles. The van der Waals surface area contributed by atoms with Crippen molar-refractivity contribution in [3.05, 3.63) is 35.9 Å². The first-order valence-electron chi connectivity index (χ1n) is 7.28. The van der Waals surface area contributed by atoms with Gasteiger partial charge in [-0.3, -0.25) is 4.90 Å². The molecule has 0 amide bonds. The smallest absolute Gasteiger partial charge is 0.0994 e. The molecule has 2 rings (SSSR count). The number of nitrogens with zero attached hydrogens (tertiary/aromatic N) is 2. The molecule has 2 unspecified atom stereocenters. The Morgan fingerprint density at radius 2 is 2.05 bits per heavy atom. The van der Waals surface area contributed by atoms with Crippen LogP contribution in [0, 0.1) is 5.92 Å². The zero-order valence-corrected chi connectivity index (χ0v) is 12.3. The van der Waals surface area contributed by atoms with Crippen molar-refractivity contribution in [2.24, 2.45) is 11.1 Å². The number of likely N-dealkylation sites (tertiary alicyclic amines) is 1. The minimum absolute atomic E-state index is 0.292. The zero-order valence-electron chi connectivity index (χ0n) is 12.3. The Morgan fingerprint density at radius 3 is 2.65 bits per heavy atom. The predicted octanol–water partition coefficient (Wildman–Crippen LogP) is 2.46. The van der Waals surface area contributed by atoms with Crippen LogP contribution in [0.25, 0.3) is 0 Å². The van der Waals surface area contributed by atoms with E-state index in [1.165, 1.54) is 0 Å². The first-order valence-corrected chi connectivity index (χ1v) is 7.28. The summed E-state index contributed by atoms with van der Waals surface area (Å²) in [6.45, 7) is 6.25. The Kier molecular flexibility index (Phi) is 4.78. The molecule has 0 spiro atoms. The van der Waals surface area contributed by atoms with E-state index in [1.54, 1.807) is 0 Å². The van der Waals surface area contributed by atoms with Crippen molar-refractivity contribution in [2.45, 2.75) is 32.3 Å². The quantitative estimate of drug-likeness (QED) is 0.656. The van der Waals surface area contributed by atoms with E-state index < -0.39 is 5.60 Å². The lowest BCUT2D eigenvalue weighted by atomic mass is 9.90. The maximum atomic E-state index is 10.7. The van der Waals surface area contributed by atoms with Crippen LogP contribution in [0.2, 0.25) is 0 Å². The average molecular weight is 276 g/mol. The number of oxime groups is 1. The molecule has 2 N–H and O–H groups in total. The van der Waals surface area contributed by atoms with E-state index in [-0.39, 0.29) is 0 Å². The fourth-order valence-electron chi connectivity index (χ4n) is 2.95. The standard InChI is InChI=1S/C16H24N2O2/c1-3-13-11-18(10-9-15(13)17-20)12-16(2,19)14-7-5-4-6-8-14/h4-8,13,19-20H,3,9-12H2,1-2H3/b17-15+. The number of piperidine rings is 1. The maximum absolute atomic E-state index is 10.7. The summed E-state index contributed by atoms with van der Waals surface area (Å²) in [5.41, 5.74) is 0.978. The molecule has 1 fully saturated rings. The van der Waals surface area contributed by atoms with Gasteiger partial charge in [-0.1, -0.05) is 42.4 Å². The maximum Gasteiger partial charge on any atom is 0.0994 e. The van der Waals surface area contributed by atoms with Crippen LogP contribution in [-0.2, 0) is 5.60 Å². The van der Waals surface area contributed by atoms with Gasteiger partial charge in [-0.15, -0.1) is 0 Å². The highest BCUT2D eigenvalue weighted by molar-refractivity contribution is 5.87. The van der Waals surface area contributed by atoms with Crippen LogP contribution in [0.5, 0.6) is 0 Å². The fraction of sp³-hybridized carbons (Fsp3) is 0.562. The summed E-state index contributed by atoms with van der Waals surface area (Å²) in [6, 6.07) is 9.78. The molecule has 4 heteroatoms. The number of benzene rings is 1. The summed E-state index contributed by atoms with van der Waals surface area (Å²) < 4.78 is 0. The van der Waals surface area contributed by atoms with Gasteiger partial charge < -0.3 is 10.3 Å². The molecule has 1 aliphatic rings. The Morgan fingerprint density at radius 1 is 1.35 bits per heavy atom. The van der Waals surface area contributed by atoms with Crippen LogP contribution >= 0.6 is 0 Å². The van der Waals surface area contributed by atoms with Gasteiger partial charge in [0.1, 0.15) is 0 Å². The van der Waals surface area contributed by atoms with Crippen molar-refractivity contribution >= 4 is 5.71 Å². The Bertz CT molecular complexity index is 457. The van der Waals surface area contributed by atoms with E-state index in [9.17, 15) is 5.11 Å². The molecule has 1 saturated heterocycles. The van der Waals surface area contributed by atoms with E-state index >= 15 is 0 Å². The predicted molar refractivity (Wildman–Crippen MR) is 80.1 cm³/mol. The molecule has 4 nitrogen and oxygen atoms in total. The molecule has 1 aliphatic heterocycles. The van der Waals surface area contributed by atoms with Gasteiger partial charge in [-0.25, -0.2) is 0 Å². The summed E-state index contributed by atoms with van der Waals surface area (Å²) in [7, 11) is 0. The molecule has 110 valence electrons. The number of aliphatic hydroxyl groups is 1. The van der Waals surface area contributed by atoms with Crippen molar-refractivity contribution in [3.8, 4) is 0 Å². The number of rotatable bonds is 4. The third-order valence-electron chi connectivity index (χ3n) is 4.18. The Hall–Kier alpha value is -1.39. The molecule has 1 aromatic carbocycles. The SMILES string of the molecule is CCC1CN(CC(C)(O)c2ccccc2)CC/C1=N\O. The van der Waals surface area contributed by atoms with Gasteiger partial charge in [0, 0.05) is 32.0 Å². The lowest BCUT2D eigenvalue weighted by Gasteiger charge is -2.37. The van der Waals surface area contributed by atoms with Gasteiger partial charge in [0.25, 0.3) is 0 Å². The molecule has 0 aliphatic carbocycles. The van der Waals surface area contributed by atoms with Crippen LogP contribution in [0.3, 0.4) is 0 Å². The van der Waals surface area contributed by atoms with Gasteiger partial charge in [0.15, 0.2) is 0 Å². The van der Waals surface area contributed by atoms with E-state index in [0.717, 1.165) is 37.2 Å². The average Bonchev–Trinajstić information content (AvgIpc) is 2.47. The van der Waals surface area contributed by atoms with Crippen LogP contribution in [-0.4, -0.2) is 40.6 Å². The van der Waals surface area contributed by atoms with Crippen molar-refractivity contribution in [3.63, 3.8) is 0 Å². The summed E-state index contributed by atoms with van der Waals surface area (Å²) in [4.78, 5) is 2.26. The molecule has 0 bridgehead atoms. The highest BCUT2D eigenvalue weighted by atomic mass is 16.4. The third kappa shape index (κ3) is 3.38. The monoisotopic (exact) mass is 276 g/mol. The van der Waals surface area contributed by atoms with E-state index in [1.807, 2.05) is 37.3 Å². The molecule has 20 heavy (non-hydrogen) atoms. The first kappa shape index (κ1) is 15.0. The molecule has 0 radical (unpaired) electrons. The second-order valence-corrected chi connectivity index (χ2v) is 5.82. The topological polar surface area (TPSA) is 56.1 Å². The lowest BCUT2D eigenvalue weighted by molar-refractivity contribution is 0.0114. The number of β-amino-alcohol motifs (C(OH)–C–C–N with tert-alkyl or cyclic N) is 1. The summed E-state index contributed by atoms with van der Waals surface area (Å²) in [6.07, 6.45) is 1.74. The van der Waals surface area contributed by atoms with E-state index in [2.05, 4.69) is 17.0 Å². The van der Waals surface area contributed by atoms with Gasteiger partial charge >= 0.3 is 0 Å². The molecule has 2 atom stereocenters. The molecular weight excluding hydrogens is 252 g/mol. The summed E-state index contributed by atoms with van der Waals surface area (Å²) in [5, 5.41) is 23.1. The highest BCUT2D eigenvalue weighted by Crippen LogP contribution is 2.25. The molecule has 0 aromatic heterocycles. The van der Waals surface area contributed by atoms with Gasteiger partial charge in [0.2, 0.25) is 0 Å². The first-order chi connectivity index (χ1) is 9.56. The lowest BCUT2D eigenvalue weighted by Crippen LogP contribution is -2.46. The van der Waals surface area contributed by atoms with E-state index in [0.29, 0.717) is 12.5 Å². The second kappa shape index (κ2) is 6.37. The van der Waals surface area contributed by atoms with Crippen LogP contribution < -0.4 is 0 Å². The normalized spacial score (nSPS) is 25.6. The fourth-order valence-corrected chi connectivity index (χ4v) is 2.95. The summed E-state index contributed by atoms with van der Waals surface area (Å²) in [5.74, 6) is 0.292. The largest absolute Gasteiger partial charge is 0.411 e. The van der Waals surface area contributed by atoms with Crippen LogP contribution in [0.1, 0.15) is 32.3 Å². The Balaban J connectivity index is 2.03. The zero-order chi connectivity index (χ0) is 14.6. The molecule has 1 aromatic rings. The highest BCUT2D eigenvalue weighted by Gasteiger charge is 2.31. The minimum atomic E-state index is -0.854. The number of hydrogen-bond donors (Lipinski definition) is 2. The van der Waals surface area contributed by atoms with Crippen molar-refractivity contribution in [1.29, 1.82) is 0 Å². The second-order valence-electron chi connectivity index (χ2n) is 5.82. The Labute approximate surface area is 120 Å².